The molecule has 2 N–H and O–H groups in total. The molecule has 2 aromatic rings. The second-order valence-corrected chi connectivity index (χ2v) is 5.10. The van der Waals surface area contributed by atoms with Crippen molar-refractivity contribution in [2.24, 2.45) is 5.73 Å². The summed E-state index contributed by atoms with van der Waals surface area (Å²) in [6, 6.07) is 6.52. The number of nitrogens with zero attached hydrogens (tertiary/aromatic N) is 1. The highest BCUT2D eigenvalue weighted by atomic mass is 79.9. The van der Waals surface area contributed by atoms with Gasteiger partial charge in [0.15, 0.2) is 0 Å². The number of rotatable bonds is 3. The van der Waals surface area contributed by atoms with Crippen LogP contribution < -0.4 is 10.5 Å². The van der Waals surface area contributed by atoms with Crippen LogP contribution in [-0.2, 0) is 6.54 Å². The monoisotopic (exact) mass is 324 g/mol. The Morgan fingerprint density at radius 2 is 2.05 bits per heavy atom. The van der Waals surface area contributed by atoms with E-state index in [4.69, 9.17) is 10.5 Å². The quantitative estimate of drug-likeness (QED) is 0.932. The highest BCUT2D eigenvalue weighted by Gasteiger charge is 2.11. The topological polar surface area (TPSA) is 48.1 Å². The Labute approximate surface area is 119 Å². The van der Waals surface area contributed by atoms with E-state index in [0.29, 0.717) is 22.6 Å². The predicted molar refractivity (Wildman–Crippen MR) is 75.8 cm³/mol. The molecule has 0 radical (unpaired) electrons. The smallest absolute Gasteiger partial charge is 0.224 e. The van der Waals surface area contributed by atoms with Gasteiger partial charge in [-0.3, -0.25) is 0 Å². The number of aryl methyl sites for hydroxylation is 2. The number of halogens is 2. The Kier molecular flexibility index (Phi) is 4.17. The minimum atomic E-state index is -0.379. The van der Waals surface area contributed by atoms with Crippen molar-refractivity contribution in [3.63, 3.8) is 0 Å². The molecule has 1 aromatic heterocycles. The SMILES string of the molecule is Cc1cc(C)c(CN)c(Oc2ccc(Br)c(F)c2)n1. The summed E-state index contributed by atoms with van der Waals surface area (Å²) in [6.45, 7) is 4.15. The van der Waals surface area contributed by atoms with Gasteiger partial charge in [0.2, 0.25) is 5.88 Å². The third kappa shape index (κ3) is 3.11. The second kappa shape index (κ2) is 5.67. The molecule has 1 aromatic carbocycles. The van der Waals surface area contributed by atoms with Crippen molar-refractivity contribution in [3.8, 4) is 11.6 Å². The Morgan fingerprint density at radius 3 is 2.68 bits per heavy atom. The zero-order valence-electron chi connectivity index (χ0n) is 10.7. The number of ether oxygens (including phenoxy) is 1. The number of nitrogens with two attached hydrogens (primary N) is 1. The summed E-state index contributed by atoms with van der Waals surface area (Å²) in [5, 5.41) is 0. The first-order valence-electron chi connectivity index (χ1n) is 5.81. The Balaban J connectivity index is 2.39. The molecular formula is C14H14BrFN2O. The molecule has 3 nitrogen and oxygen atoms in total. The number of benzene rings is 1. The maximum atomic E-state index is 13.5. The molecule has 5 heteroatoms. The van der Waals surface area contributed by atoms with Crippen molar-refractivity contribution in [1.82, 2.24) is 4.98 Å². The van der Waals surface area contributed by atoms with Crippen LogP contribution in [0.2, 0.25) is 0 Å². The van der Waals surface area contributed by atoms with E-state index in [-0.39, 0.29) is 5.82 Å². The molecule has 0 saturated carbocycles. The summed E-state index contributed by atoms with van der Waals surface area (Å²) in [5.74, 6) is 0.450. The molecule has 0 spiro atoms. The van der Waals surface area contributed by atoms with E-state index in [0.717, 1.165) is 16.8 Å². The van der Waals surface area contributed by atoms with Crippen molar-refractivity contribution >= 4 is 15.9 Å². The van der Waals surface area contributed by atoms with Crippen molar-refractivity contribution in [3.05, 3.63) is 51.4 Å². The van der Waals surface area contributed by atoms with Crippen LogP contribution in [0.15, 0.2) is 28.7 Å². The van der Waals surface area contributed by atoms with Gasteiger partial charge in [0.1, 0.15) is 11.6 Å². The van der Waals surface area contributed by atoms with Crippen LogP contribution in [0.25, 0.3) is 0 Å². The van der Waals surface area contributed by atoms with Gasteiger partial charge >= 0.3 is 0 Å². The Morgan fingerprint density at radius 1 is 1.32 bits per heavy atom. The van der Waals surface area contributed by atoms with Crippen molar-refractivity contribution in [2.75, 3.05) is 0 Å². The Bertz CT molecular complexity index is 617. The van der Waals surface area contributed by atoms with Crippen molar-refractivity contribution < 1.29 is 9.13 Å². The molecule has 0 atom stereocenters. The van der Waals surface area contributed by atoms with Crippen LogP contribution in [0.3, 0.4) is 0 Å². The van der Waals surface area contributed by atoms with Crippen LogP contribution in [-0.4, -0.2) is 4.98 Å². The van der Waals surface area contributed by atoms with E-state index >= 15 is 0 Å². The standard InChI is InChI=1S/C14H14BrFN2O/c1-8-5-9(2)18-14(11(8)7-17)19-10-3-4-12(15)13(16)6-10/h3-6H,7,17H2,1-2H3. The van der Waals surface area contributed by atoms with Crippen molar-refractivity contribution in [1.29, 1.82) is 0 Å². The van der Waals surface area contributed by atoms with Gasteiger partial charge in [-0.05, 0) is 53.5 Å². The fourth-order valence-electron chi connectivity index (χ4n) is 1.81. The fraction of sp³-hybridized carbons (Fsp3) is 0.214. The zero-order valence-corrected chi connectivity index (χ0v) is 12.3. The molecule has 1 heterocycles. The third-order valence-corrected chi connectivity index (χ3v) is 3.39. The largest absolute Gasteiger partial charge is 0.439 e. The average Bonchev–Trinajstić information content (AvgIpc) is 2.33. The van der Waals surface area contributed by atoms with Crippen LogP contribution in [0.5, 0.6) is 11.6 Å². The van der Waals surface area contributed by atoms with Gasteiger partial charge < -0.3 is 10.5 Å². The molecule has 2 rings (SSSR count). The van der Waals surface area contributed by atoms with E-state index in [1.54, 1.807) is 12.1 Å². The molecule has 0 fully saturated rings. The van der Waals surface area contributed by atoms with Crippen LogP contribution in [0.4, 0.5) is 4.39 Å². The van der Waals surface area contributed by atoms with Gasteiger partial charge in [-0.15, -0.1) is 0 Å². The molecule has 0 amide bonds. The average molecular weight is 325 g/mol. The van der Waals surface area contributed by atoms with Gasteiger partial charge in [0, 0.05) is 23.9 Å². The van der Waals surface area contributed by atoms with Crippen LogP contribution in [0, 0.1) is 19.7 Å². The molecule has 100 valence electrons. The second-order valence-electron chi connectivity index (χ2n) is 4.25. The maximum Gasteiger partial charge on any atom is 0.224 e. The highest BCUT2D eigenvalue weighted by Crippen LogP contribution is 2.28. The Hall–Kier alpha value is -1.46. The molecule has 0 saturated heterocycles. The van der Waals surface area contributed by atoms with E-state index in [9.17, 15) is 4.39 Å². The van der Waals surface area contributed by atoms with Gasteiger partial charge in [0.25, 0.3) is 0 Å². The van der Waals surface area contributed by atoms with Gasteiger partial charge in [0.05, 0.1) is 4.47 Å². The van der Waals surface area contributed by atoms with Gasteiger partial charge in [-0.25, -0.2) is 9.37 Å². The van der Waals surface area contributed by atoms with Gasteiger partial charge in [-0.1, -0.05) is 0 Å². The van der Waals surface area contributed by atoms with E-state index in [2.05, 4.69) is 20.9 Å². The first kappa shape index (κ1) is 14.0. The van der Waals surface area contributed by atoms with Crippen LogP contribution >= 0.6 is 15.9 Å². The molecule has 0 aliphatic heterocycles. The summed E-state index contributed by atoms with van der Waals surface area (Å²) in [7, 11) is 0. The zero-order chi connectivity index (χ0) is 14.0. The normalized spacial score (nSPS) is 10.6. The lowest BCUT2D eigenvalue weighted by Gasteiger charge is -2.12. The van der Waals surface area contributed by atoms with E-state index in [1.165, 1.54) is 6.07 Å². The highest BCUT2D eigenvalue weighted by molar-refractivity contribution is 9.10. The third-order valence-electron chi connectivity index (χ3n) is 2.75. The molecule has 0 aliphatic carbocycles. The molecule has 0 aliphatic rings. The van der Waals surface area contributed by atoms with E-state index in [1.807, 2.05) is 19.9 Å². The number of pyridine rings is 1. The lowest BCUT2D eigenvalue weighted by atomic mass is 10.1. The molecule has 19 heavy (non-hydrogen) atoms. The lowest BCUT2D eigenvalue weighted by molar-refractivity contribution is 0.449. The minimum absolute atomic E-state index is 0.327. The maximum absolute atomic E-state index is 13.5. The fourth-order valence-corrected chi connectivity index (χ4v) is 2.06. The van der Waals surface area contributed by atoms with Gasteiger partial charge in [-0.2, -0.15) is 0 Å². The van der Waals surface area contributed by atoms with E-state index < -0.39 is 0 Å². The number of hydrogen-bond donors (Lipinski definition) is 1. The molecule has 0 bridgehead atoms. The number of hydrogen-bond acceptors (Lipinski definition) is 3. The predicted octanol–water partition coefficient (Wildman–Crippen LogP) is 3.85. The molecule has 0 unspecified atom stereocenters. The summed E-state index contributed by atoms with van der Waals surface area (Å²) < 4.78 is 19.5. The summed E-state index contributed by atoms with van der Waals surface area (Å²) in [5.41, 5.74) is 8.39. The lowest BCUT2D eigenvalue weighted by Crippen LogP contribution is -2.05. The minimum Gasteiger partial charge on any atom is -0.439 e. The first-order valence-corrected chi connectivity index (χ1v) is 6.60. The van der Waals surface area contributed by atoms with Crippen molar-refractivity contribution in [2.45, 2.75) is 20.4 Å². The van der Waals surface area contributed by atoms with Crippen LogP contribution in [0.1, 0.15) is 16.8 Å². The summed E-state index contributed by atoms with van der Waals surface area (Å²) >= 11 is 3.10. The first-order chi connectivity index (χ1) is 9.01. The number of aromatic nitrogens is 1. The summed E-state index contributed by atoms with van der Waals surface area (Å²) in [4.78, 5) is 4.32. The molecular weight excluding hydrogens is 311 g/mol. The summed E-state index contributed by atoms with van der Waals surface area (Å²) in [6.07, 6.45) is 0.